The number of anilines is 4. The number of nitrogens with one attached hydrogen (secondary N) is 2. The van der Waals surface area contributed by atoms with Gasteiger partial charge in [-0.25, -0.2) is 8.78 Å². The molecule has 0 unspecified atom stereocenters. The molecule has 0 aliphatic carbocycles. The molecule has 6 aromatic rings. The number of pyridine rings is 2. The zero-order valence-corrected chi connectivity index (χ0v) is 37.6. The first-order valence-corrected chi connectivity index (χ1v) is 21.9. The van der Waals surface area contributed by atoms with Crippen molar-refractivity contribution in [3.05, 3.63) is 105 Å². The molecule has 0 saturated carbocycles. The molecule has 12 nitrogen and oxygen atoms in total. The maximum atomic E-state index is 16.6. The normalized spacial score (nSPS) is 17.5. The molecule has 2 fully saturated rings. The Morgan fingerprint density at radius 1 is 0.687 bits per heavy atom. The number of rotatable bonds is 10. The predicted molar refractivity (Wildman–Crippen MR) is 238 cm³/mol. The van der Waals surface area contributed by atoms with Crippen molar-refractivity contribution in [2.75, 3.05) is 46.6 Å². The second-order valence-electron chi connectivity index (χ2n) is 18.3. The fourth-order valence-corrected chi connectivity index (χ4v) is 9.06. The molecule has 0 bridgehead atoms. The van der Waals surface area contributed by atoms with E-state index in [4.69, 9.17) is 0 Å². The molecular formula is C47H50F8N10O2. The molecule has 356 valence electrons. The van der Waals surface area contributed by atoms with Gasteiger partial charge in [-0.1, -0.05) is 12.1 Å². The maximum absolute atomic E-state index is 16.6. The molecule has 0 radical (unpaired) electrons. The van der Waals surface area contributed by atoms with Crippen LogP contribution in [-0.4, -0.2) is 78.0 Å². The van der Waals surface area contributed by atoms with Crippen molar-refractivity contribution in [2.45, 2.75) is 109 Å². The van der Waals surface area contributed by atoms with Crippen molar-refractivity contribution in [2.24, 2.45) is 0 Å². The van der Waals surface area contributed by atoms with Gasteiger partial charge in [-0.2, -0.15) is 36.5 Å². The highest BCUT2D eigenvalue weighted by Crippen LogP contribution is 2.42. The van der Waals surface area contributed by atoms with E-state index in [2.05, 4.69) is 45.9 Å². The molecule has 2 saturated heterocycles. The molecule has 2 aromatic carbocycles. The standard InChI is InChI=1S/C47H50F8N10O2/c1-24-31(26(3)59-42-33-18-28(22-56-40(33)27(4)60-62-42)64-14-10-44(5,66)11-15-64)20-36(48)32(38(24)47(53,54)55)21-37-41-34(19-29(23-57-41)65-16-12-45(6,67)13-17-65)43(63-61-37)58-25(2)30-8-7-9-35(39(30)49)46(50,51)52/h7-9,18-20,22-23,25-26,66-67H,10-17,21H2,1-6H3,(H,58,63)(H,59,62)/t25-,26-/m1/s1. The van der Waals surface area contributed by atoms with E-state index in [9.17, 15) is 23.4 Å². The second kappa shape index (κ2) is 17.6. The summed E-state index contributed by atoms with van der Waals surface area (Å²) >= 11 is 0. The molecule has 2 aliphatic heterocycles. The minimum atomic E-state index is -5.05. The topological polar surface area (TPSA) is 148 Å². The molecule has 4 N–H and O–H groups in total. The lowest BCUT2D eigenvalue weighted by Gasteiger charge is -2.37. The highest BCUT2D eigenvalue weighted by Gasteiger charge is 2.40. The number of hydrogen-bond donors (Lipinski definition) is 4. The van der Waals surface area contributed by atoms with Gasteiger partial charge in [0.1, 0.15) is 11.6 Å². The van der Waals surface area contributed by atoms with E-state index in [0.717, 1.165) is 17.8 Å². The summed E-state index contributed by atoms with van der Waals surface area (Å²) in [6.07, 6.45) is -5.61. The average molecular weight is 939 g/mol. The molecule has 6 heterocycles. The molecule has 2 aliphatic rings. The molecule has 20 heteroatoms. The maximum Gasteiger partial charge on any atom is 0.419 e. The predicted octanol–water partition coefficient (Wildman–Crippen LogP) is 9.94. The fraction of sp³-hybridized carbons (Fsp3) is 0.447. The van der Waals surface area contributed by atoms with Crippen LogP contribution in [0.1, 0.15) is 110 Å². The quantitative estimate of drug-likeness (QED) is 0.0970. The molecule has 4 aromatic heterocycles. The smallest absolute Gasteiger partial charge is 0.390 e. The first kappa shape index (κ1) is 47.5. The Morgan fingerprint density at radius 2 is 1.19 bits per heavy atom. The Bertz CT molecular complexity index is 2840. The first-order valence-electron chi connectivity index (χ1n) is 21.9. The highest BCUT2D eigenvalue weighted by molar-refractivity contribution is 5.93. The van der Waals surface area contributed by atoms with Crippen molar-refractivity contribution < 1.29 is 45.3 Å². The van der Waals surface area contributed by atoms with Gasteiger partial charge in [-0.05, 0) is 103 Å². The molecule has 67 heavy (non-hydrogen) atoms. The van der Waals surface area contributed by atoms with Crippen LogP contribution in [0.2, 0.25) is 0 Å². The van der Waals surface area contributed by atoms with Crippen molar-refractivity contribution >= 4 is 44.8 Å². The van der Waals surface area contributed by atoms with E-state index in [1.165, 1.54) is 26.1 Å². The third-order valence-electron chi connectivity index (χ3n) is 13.1. The lowest BCUT2D eigenvalue weighted by atomic mass is 9.90. The van der Waals surface area contributed by atoms with Gasteiger partial charge < -0.3 is 30.6 Å². The minimum Gasteiger partial charge on any atom is -0.390 e. The monoisotopic (exact) mass is 938 g/mol. The lowest BCUT2D eigenvalue weighted by molar-refractivity contribution is -0.140. The number of piperidine rings is 2. The fourth-order valence-electron chi connectivity index (χ4n) is 9.06. The Balaban J connectivity index is 1.15. The van der Waals surface area contributed by atoms with Crippen LogP contribution in [-0.2, 0) is 18.8 Å². The third kappa shape index (κ3) is 9.73. The third-order valence-corrected chi connectivity index (χ3v) is 13.1. The number of halogens is 8. The van der Waals surface area contributed by atoms with E-state index in [-0.39, 0.29) is 44.9 Å². The Kier molecular flexibility index (Phi) is 12.4. The molecule has 0 spiro atoms. The molecule has 8 rings (SSSR count). The van der Waals surface area contributed by atoms with Crippen molar-refractivity contribution in [3.8, 4) is 0 Å². The van der Waals surface area contributed by atoms with E-state index in [1.54, 1.807) is 40.0 Å². The van der Waals surface area contributed by atoms with Gasteiger partial charge >= 0.3 is 12.4 Å². The number of alkyl halides is 6. The number of aromatic nitrogens is 6. The van der Waals surface area contributed by atoms with Crippen LogP contribution in [0, 0.1) is 25.5 Å². The van der Waals surface area contributed by atoms with Gasteiger partial charge in [0.05, 0.1) is 80.6 Å². The van der Waals surface area contributed by atoms with E-state index in [1.807, 2.05) is 11.0 Å². The zero-order chi connectivity index (χ0) is 48.4. The van der Waals surface area contributed by atoms with Crippen LogP contribution < -0.4 is 20.4 Å². The zero-order valence-electron chi connectivity index (χ0n) is 37.6. The summed E-state index contributed by atoms with van der Waals surface area (Å²) in [7, 11) is 0. The number of nitrogens with zero attached hydrogens (tertiary/aromatic N) is 8. The second-order valence-corrected chi connectivity index (χ2v) is 18.3. The van der Waals surface area contributed by atoms with Gasteiger partial charge in [-0.3, -0.25) is 9.97 Å². The largest absolute Gasteiger partial charge is 0.419 e. The Hall–Kier alpha value is -6.02. The summed E-state index contributed by atoms with van der Waals surface area (Å²) in [6.45, 7) is 11.5. The van der Waals surface area contributed by atoms with Gasteiger partial charge in [0.25, 0.3) is 0 Å². The Labute approximate surface area is 380 Å². The van der Waals surface area contributed by atoms with Gasteiger partial charge in [0.15, 0.2) is 11.6 Å². The van der Waals surface area contributed by atoms with E-state index >= 15 is 22.0 Å². The van der Waals surface area contributed by atoms with Gasteiger partial charge in [0.2, 0.25) is 0 Å². The summed E-state index contributed by atoms with van der Waals surface area (Å²) in [4.78, 5) is 13.2. The lowest BCUT2D eigenvalue weighted by Crippen LogP contribution is -2.42. The summed E-state index contributed by atoms with van der Waals surface area (Å²) in [5, 5.41) is 44.9. The van der Waals surface area contributed by atoms with Crippen LogP contribution in [0.5, 0.6) is 0 Å². The Morgan fingerprint density at radius 3 is 1.73 bits per heavy atom. The number of aryl methyl sites for hydroxylation is 1. The van der Waals surface area contributed by atoms with Crippen molar-refractivity contribution in [1.82, 2.24) is 30.4 Å². The summed E-state index contributed by atoms with van der Waals surface area (Å²) in [6, 6.07) is 5.38. The van der Waals surface area contributed by atoms with Crippen molar-refractivity contribution in [1.29, 1.82) is 0 Å². The average Bonchev–Trinajstić information content (AvgIpc) is 3.25. The van der Waals surface area contributed by atoms with Gasteiger partial charge in [-0.15, -0.1) is 10.2 Å². The highest BCUT2D eigenvalue weighted by atomic mass is 19.4. The van der Waals surface area contributed by atoms with Crippen LogP contribution in [0.25, 0.3) is 21.8 Å². The van der Waals surface area contributed by atoms with Crippen molar-refractivity contribution in [3.63, 3.8) is 0 Å². The summed E-state index contributed by atoms with van der Waals surface area (Å²) in [5.41, 5.74) is -3.40. The van der Waals surface area contributed by atoms with Gasteiger partial charge in [0, 0.05) is 54.5 Å². The van der Waals surface area contributed by atoms with Crippen LogP contribution >= 0.6 is 0 Å². The number of fused-ring (bicyclic) bond motifs is 2. The number of benzene rings is 2. The van der Waals surface area contributed by atoms with E-state index in [0.29, 0.717) is 80.2 Å². The molecular weight excluding hydrogens is 889 g/mol. The minimum absolute atomic E-state index is 0.000976. The SMILES string of the molecule is Cc1c([C@@H](C)Nc2nnc(C)c3ncc(N4CCC(C)(O)CC4)cc23)cc(F)c(Cc2nnc(N[C@H](C)c3cccc(C(F)(F)F)c3F)c3cc(N4CCC(C)(O)CC4)cnc23)c1C(F)(F)F. The van der Waals surface area contributed by atoms with Crippen LogP contribution in [0.3, 0.4) is 0 Å². The van der Waals surface area contributed by atoms with Crippen LogP contribution in [0.4, 0.5) is 58.1 Å². The summed E-state index contributed by atoms with van der Waals surface area (Å²) in [5.74, 6) is -2.49. The first-order chi connectivity index (χ1) is 31.4. The molecule has 0 amide bonds. The number of hydrogen-bond acceptors (Lipinski definition) is 12. The van der Waals surface area contributed by atoms with E-state index < -0.39 is 70.4 Å². The number of aliphatic hydroxyl groups is 2. The van der Waals surface area contributed by atoms with Crippen LogP contribution in [0.15, 0.2) is 48.8 Å². The molecule has 2 atom stereocenters. The summed E-state index contributed by atoms with van der Waals surface area (Å²) < 4.78 is 119.